The van der Waals surface area contributed by atoms with Gasteiger partial charge in [0.2, 0.25) is 15.9 Å². The van der Waals surface area contributed by atoms with E-state index in [2.05, 4.69) is 10.2 Å². The Morgan fingerprint density at radius 3 is 2.88 bits per heavy atom. The fourth-order valence-electron chi connectivity index (χ4n) is 1.88. The van der Waals surface area contributed by atoms with Crippen molar-refractivity contribution >= 4 is 21.7 Å². The highest BCUT2D eigenvalue weighted by molar-refractivity contribution is 7.89. The average Bonchev–Trinajstić information content (AvgIpc) is 2.58. The highest BCUT2D eigenvalue weighted by Gasteiger charge is 2.33. The van der Waals surface area contributed by atoms with Crippen LogP contribution in [0, 0.1) is 5.92 Å². The van der Waals surface area contributed by atoms with Crippen molar-refractivity contribution in [2.45, 2.75) is 6.42 Å². The number of sulfonamides is 1. The lowest BCUT2D eigenvalue weighted by Crippen LogP contribution is -2.28. The van der Waals surface area contributed by atoms with E-state index in [1.807, 2.05) is 0 Å². The van der Waals surface area contributed by atoms with Gasteiger partial charge in [0.15, 0.2) is 5.82 Å². The van der Waals surface area contributed by atoms with Gasteiger partial charge in [-0.2, -0.15) is 5.10 Å². The molecule has 8 heteroatoms. The molecular formula is C9H12N4O3S. The highest BCUT2D eigenvalue weighted by Crippen LogP contribution is 2.23. The van der Waals surface area contributed by atoms with Crippen LogP contribution in [0.3, 0.4) is 0 Å². The molecule has 0 bridgehead atoms. The van der Waals surface area contributed by atoms with E-state index in [1.165, 1.54) is 11.1 Å². The molecule has 1 amide bonds. The summed E-state index contributed by atoms with van der Waals surface area (Å²) in [6, 6.07) is 3.33. The van der Waals surface area contributed by atoms with Gasteiger partial charge in [-0.25, -0.2) is 13.6 Å². The van der Waals surface area contributed by atoms with Gasteiger partial charge in [-0.1, -0.05) is 0 Å². The molecule has 7 nitrogen and oxygen atoms in total. The van der Waals surface area contributed by atoms with E-state index < -0.39 is 10.0 Å². The Balaban J connectivity index is 2.11. The first-order valence-corrected chi connectivity index (χ1v) is 6.76. The standard InChI is InChI=1S/C9H12N4O3S/c10-17(15,16)6-7-4-9(14)13(5-7)8-2-1-3-11-12-8/h1-3,7H,4-6H2,(H2,10,15,16). The predicted molar refractivity (Wildman–Crippen MR) is 60.5 cm³/mol. The molecule has 17 heavy (non-hydrogen) atoms. The molecule has 0 radical (unpaired) electrons. The molecule has 0 aliphatic carbocycles. The maximum Gasteiger partial charge on any atom is 0.228 e. The summed E-state index contributed by atoms with van der Waals surface area (Å²) < 4.78 is 21.9. The zero-order valence-corrected chi connectivity index (χ0v) is 9.80. The smallest absolute Gasteiger partial charge is 0.228 e. The normalized spacial score (nSPS) is 20.9. The summed E-state index contributed by atoms with van der Waals surface area (Å²) in [4.78, 5) is 13.1. The maximum atomic E-state index is 11.7. The number of carbonyl (C=O) groups is 1. The molecule has 0 spiro atoms. The molecule has 1 aromatic rings. The van der Waals surface area contributed by atoms with Crippen LogP contribution in [0.2, 0.25) is 0 Å². The topological polar surface area (TPSA) is 106 Å². The quantitative estimate of drug-likeness (QED) is 0.755. The second-order valence-corrected chi connectivity index (χ2v) is 5.64. The van der Waals surface area contributed by atoms with Crippen molar-refractivity contribution < 1.29 is 13.2 Å². The maximum absolute atomic E-state index is 11.7. The lowest BCUT2D eigenvalue weighted by atomic mass is 10.1. The van der Waals surface area contributed by atoms with E-state index in [4.69, 9.17) is 5.14 Å². The van der Waals surface area contributed by atoms with Crippen molar-refractivity contribution in [3.63, 3.8) is 0 Å². The third-order valence-corrected chi connectivity index (χ3v) is 3.44. The van der Waals surface area contributed by atoms with E-state index in [-0.39, 0.29) is 24.0 Å². The Morgan fingerprint density at radius 1 is 1.53 bits per heavy atom. The third kappa shape index (κ3) is 2.98. The van der Waals surface area contributed by atoms with Gasteiger partial charge < -0.3 is 0 Å². The molecule has 1 aliphatic rings. The fourth-order valence-corrected chi connectivity index (χ4v) is 2.76. The minimum atomic E-state index is -3.55. The van der Waals surface area contributed by atoms with Crippen molar-refractivity contribution in [1.29, 1.82) is 0 Å². The Hall–Kier alpha value is -1.54. The molecular weight excluding hydrogens is 244 g/mol. The molecule has 1 unspecified atom stereocenters. The molecule has 1 saturated heterocycles. The van der Waals surface area contributed by atoms with Crippen LogP contribution >= 0.6 is 0 Å². The first-order chi connectivity index (χ1) is 7.96. The second kappa shape index (κ2) is 4.38. The number of hydrogen-bond acceptors (Lipinski definition) is 5. The summed E-state index contributed by atoms with van der Waals surface area (Å²) in [6.07, 6.45) is 1.68. The molecule has 0 saturated carbocycles. The summed E-state index contributed by atoms with van der Waals surface area (Å²) in [5, 5.41) is 12.5. The number of carbonyl (C=O) groups excluding carboxylic acids is 1. The molecule has 2 rings (SSSR count). The zero-order valence-electron chi connectivity index (χ0n) is 8.98. The Labute approximate surface area is 98.7 Å². The molecule has 1 atom stereocenters. The number of nitrogens with two attached hydrogens (primary N) is 1. The second-order valence-electron chi connectivity index (χ2n) is 3.99. The first-order valence-electron chi connectivity index (χ1n) is 5.04. The van der Waals surface area contributed by atoms with E-state index in [1.54, 1.807) is 12.1 Å². The van der Waals surface area contributed by atoms with Crippen molar-refractivity contribution in [2.24, 2.45) is 11.1 Å². The number of aromatic nitrogens is 2. The number of amides is 1. The largest absolute Gasteiger partial charge is 0.295 e. The van der Waals surface area contributed by atoms with Crippen molar-refractivity contribution in [3.05, 3.63) is 18.3 Å². The van der Waals surface area contributed by atoms with Crippen LogP contribution < -0.4 is 10.0 Å². The minimum Gasteiger partial charge on any atom is -0.295 e. The van der Waals surface area contributed by atoms with Crippen LogP contribution in [0.25, 0.3) is 0 Å². The van der Waals surface area contributed by atoms with E-state index in [0.717, 1.165) is 0 Å². The van der Waals surface area contributed by atoms with Crippen LogP contribution in [-0.2, 0) is 14.8 Å². The first kappa shape index (κ1) is 11.9. The van der Waals surface area contributed by atoms with Gasteiger partial charge in [0.05, 0.1) is 5.75 Å². The van der Waals surface area contributed by atoms with Crippen LogP contribution in [-0.4, -0.2) is 36.8 Å². The summed E-state index contributed by atoms with van der Waals surface area (Å²) in [5.41, 5.74) is 0. The molecule has 92 valence electrons. The molecule has 1 aliphatic heterocycles. The molecule has 0 aromatic carbocycles. The van der Waals surface area contributed by atoms with Gasteiger partial charge in [0, 0.05) is 25.1 Å². The SMILES string of the molecule is NS(=O)(=O)CC1CC(=O)N(c2cccnn2)C1. The number of hydrogen-bond donors (Lipinski definition) is 1. The Morgan fingerprint density at radius 2 is 2.29 bits per heavy atom. The minimum absolute atomic E-state index is 0.154. The molecule has 1 aromatic heterocycles. The fraction of sp³-hybridized carbons (Fsp3) is 0.444. The van der Waals surface area contributed by atoms with E-state index >= 15 is 0 Å². The summed E-state index contributed by atoms with van der Waals surface area (Å²) in [5.74, 6) is -0.178. The number of nitrogens with zero attached hydrogens (tertiary/aromatic N) is 3. The van der Waals surface area contributed by atoms with Crippen molar-refractivity contribution in [2.75, 3.05) is 17.2 Å². The number of rotatable bonds is 3. The van der Waals surface area contributed by atoms with Crippen LogP contribution in [0.15, 0.2) is 18.3 Å². The number of anilines is 1. The van der Waals surface area contributed by atoms with Gasteiger partial charge in [-0.3, -0.25) is 9.69 Å². The lowest BCUT2D eigenvalue weighted by molar-refractivity contribution is -0.117. The van der Waals surface area contributed by atoms with Gasteiger partial charge in [-0.05, 0) is 12.1 Å². The summed E-state index contributed by atoms with van der Waals surface area (Å²) in [7, 11) is -3.55. The number of primary sulfonamides is 1. The van der Waals surface area contributed by atoms with Crippen LogP contribution in [0.1, 0.15) is 6.42 Å². The van der Waals surface area contributed by atoms with E-state index in [0.29, 0.717) is 12.4 Å². The third-order valence-electron chi connectivity index (χ3n) is 2.51. The zero-order chi connectivity index (χ0) is 12.5. The Bertz CT molecular complexity index is 516. The van der Waals surface area contributed by atoms with Crippen molar-refractivity contribution in [3.8, 4) is 0 Å². The summed E-state index contributed by atoms with van der Waals surface area (Å²) >= 11 is 0. The Kier molecular flexibility index (Phi) is 3.07. The van der Waals surface area contributed by atoms with Gasteiger partial charge in [-0.15, -0.1) is 5.10 Å². The monoisotopic (exact) mass is 256 g/mol. The lowest BCUT2D eigenvalue weighted by Gasteiger charge is -2.14. The van der Waals surface area contributed by atoms with Crippen LogP contribution in [0.5, 0.6) is 0 Å². The van der Waals surface area contributed by atoms with Gasteiger partial charge in [0.25, 0.3) is 0 Å². The predicted octanol–water partition coefficient (Wildman–Crippen LogP) is -0.882. The molecule has 1 fully saturated rings. The van der Waals surface area contributed by atoms with Gasteiger partial charge in [0.1, 0.15) is 0 Å². The average molecular weight is 256 g/mol. The molecule has 2 heterocycles. The van der Waals surface area contributed by atoms with Crippen LogP contribution in [0.4, 0.5) is 5.82 Å². The van der Waals surface area contributed by atoms with E-state index in [9.17, 15) is 13.2 Å². The van der Waals surface area contributed by atoms with Crippen molar-refractivity contribution in [1.82, 2.24) is 10.2 Å². The summed E-state index contributed by atoms with van der Waals surface area (Å²) in [6.45, 7) is 0.313. The highest BCUT2D eigenvalue weighted by atomic mass is 32.2. The van der Waals surface area contributed by atoms with Gasteiger partial charge >= 0.3 is 0 Å². The molecule has 2 N–H and O–H groups in total.